The van der Waals surface area contributed by atoms with E-state index >= 15 is 0 Å². The molecule has 4 nitrogen and oxygen atoms in total. The average Bonchev–Trinajstić information content (AvgIpc) is 2.94. The number of amides is 1. The molecule has 0 saturated heterocycles. The third kappa shape index (κ3) is 5.52. The lowest BCUT2D eigenvalue weighted by Crippen LogP contribution is -2.47. The summed E-state index contributed by atoms with van der Waals surface area (Å²) in [5, 5.41) is 2.80. The van der Waals surface area contributed by atoms with Gasteiger partial charge in [-0.15, -0.1) is 0 Å². The van der Waals surface area contributed by atoms with Gasteiger partial charge in [0.15, 0.2) is 0 Å². The summed E-state index contributed by atoms with van der Waals surface area (Å²) in [4.78, 5) is 23.8. The van der Waals surface area contributed by atoms with E-state index in [1.165, 1.54) is 0 Å². The monoisotopic (exact) mass is 255 g/mol. The second kappa shape index (κ2) is 5.72. The first-order chi connectivity index (χ1) is 8.19. The maximum Gasteiger partial charge on any atom is 0.329 e. The summed E-state index contributed by atoms with van der Waals surface area (Å²) in [6, 6.07) is -0.546. The smallest absolute Gasteiger partial charge is 0.329 e. The van der Waals surface area contributed by atoms with Crippen molar-refractivity contribution >= 4 is 11.9 Å². The van der Waals surface area contributed by atoms with E-state index in [0.29, 0.717) is 12.3 Å². The molecule has 1 amide bonds. The van der Waals surface area contributed by atoms with Crippen molar-refractivity contribution in [2.45, 2.75) is 65.5 Å². The highest BCUT2D eigenvalue weighted by atomic mass is 16.6. The summed E-state index contributed by atoms with van der Waals surface area (Å²) in [5.74, 6) is 0.170. The van der Waals surface area contributed by atoms with Crippen LogP contribution in [0.3, 0.4) is 0 Å². The number of ether oxygens (including phenoxy) is 1. The van der Waals surface area contributed by atoms with Crippen LogP contribution >= 0.6 is 0 Å². The Bertz CT molecular complexity index is 313. The van der Waals surface area contributed by atoms with Crippen molar-refractivity contribution in [3.8, 4) is 0 Å². The molecule has 0 aliphatic heterocycles. The molecule has 1 aliphatic rings. The van der Waals surface area contributed by atoms with Crippen LogP contribution < -0.4 is 5.32 Å². The molecule has 1 fully saturated rings. The molecule has 0 spiro atoms. The molecule has 104 valence electrons. The molecule has 1 N–H and O–H groups in total. The summed E-state index contributed by atoms with van der Waals surface area (Å²) in [5.41, 5.74) is -0.522. The molecule has 0 bridgehead atoms. The van der Waals surface area contributed by atoms with Crippen molar-refractivity contribution in [3.63, 3.8) is 0 Å². The molecule has 0 aromatic heterocycles. The molecular formula is C14H25NO3. The molecule has 4 heteroatoms. The molecule has 1 aliphatic carbocycles. The standard InChI is InChI=1S/C14H25NO3/c1-9(2)12(13(17)18-14(3,4)5)15-11(16)8-10-6-7-10/h9-10,12H,6-8H2,1-5H3,(H,15,16)/t12-/m1/s1. The maximum atomic E-state index is 12.0. The van der Waals surface area contributed by atoms with E-state index in [1.807, 2.05) is 34.6 Å². The summed E-state index contributed by atoms with van der Waals surface area (Å²) < 4.78 is 5.33. The predicted molar refractivity (Wildman–Crippen MR) is 70.0 cm³/mol. The third-order valence-electron chi connectivity index (χ3n) is 2.81. The zero-order valence-corrected chi connectivity index (χ0v) is 12.1. The van der Waals surface area contributed by atoms with Crippen molar-refractivity contribution in [1.82, 2.24) is 5.32 Å². The van der Waals surface area contributed by atoms with Crippen LogP contribution in [-0.2, 0) is 14.3 Å². The fraction of sp³-hybridized carbons (Fsp3) is 0.857. The van der Waals surface area contributed by atoms with Gasteiger partial charge in [0, 0.05) is 6.42 Å². The summed E-state index contributed by atoms with van der Waals surface area (Å²) >= 11 is 0. The lowest BCUT2D eigenvalue weighted by atomic mass is 10.0. The number of carbonyl (C=O) groups excluding carboxylic acids is 2. The van der Waals surface area contributed by atoms with Gasteiger partial charge in [0.25, 0.3) is 0 Å². The Balaban J connectivity index is 2.52. The molecule has 0 radical (unpaired) electrons. The predicted octanol–water partition coefficient (Wildman–Crippen LogP) is 2.27. The second-order valence-electron chi connectivity index (χ2n) is 6.47. The van der Waals surface area contributed by atoms with E-state index in [2.05, 4.69) is 5.32 Å². The van der Waals surface area contributed by atoms with Crippen LogP contribution in [0, 0.1) is 11.8 Å². The van der Waals surface area contributed by atoms with Crippen molar-refractivity contribution in [1.29, 1.82) is 0 Å². The van der Waals surface area contributed by atoms with E-state index in [9.17, 15) is 9.59 Å². The van der Waals surface area contributed by atoms with Gasteiger partial charge in [0.1, 0.15) is 11.6 Å². The van der Waals surface area contributed by atoms with Gasteiger partial charge in [-0.05, 0) is 45.4 Å². The minimum atomic E-state index is -0.546. The van der Waals surface area contributed by atoms with Crippen molar-refractivity contribution in [2.24, 2.45) is 11.8 Å². The lowest BCUT2D eigenvalue weighted by Gasteiger charge is -2.26. The summed E-state index contributed by atoms with van der Waals surface area (Å²) in [6.45, 7) is 9.30. The highest BCUT2D eigenvalue weighted by Crippen LogP contribution is 2.32. The highest BCUT2D eigenvalue weighted by molar-refractivity contribution is 5.85. The van der Waals surface area contributed by atoms with Crippen LogP contribution in [0.1, 0.15) is 53.9 Å². The Morgan fingerprint density at radius 2 is 1.83 bits per heavy atom. The van der Waals surface area contributed by atoms with E-state index in [4.69, 9.17) is 4.74 Å². The number of carbonyl (C=O) groups is 2. The Morgan fingerprint density at radius 1 is 1.28 bits per heavy atom. The van der Waals surface area contributed by atoms with E-state index < -0.39 is 11.6 Å². The first kappa shape index (κ1) is 15.0. The minimum absolute atomic E-state index is 0.0306. The fourth-order valence-corrected chi connectivity index (χ4v) is 1.68. The maximum absolute atomic E-state index is 12.0. The van der Waals surface area contributed by atoms with E-state index in [1.54, 1.807) is 0 Å². The van der Waals surface area contributed by atoms with E-state index in [0.717, 1.165) is 12.8 Å². The second-order valence-corrected chi connectivity index (χ2v) is 6.47. The van der Waals surface area contributed by atoms with E-state index in [-0.39, 0.29) is 17.8 Å². The molecular weight excluding hydrogens is 230 g/mol. The molecule has 1 saturated carbocycles. The van der Waals surface area contributed by atoms with Crippen LogP contribution in [0.2, 0.25) is 0 Å². The number of rotatable bonds is 5. The van der Waals surface area contributed by atoms with Gasteiger partial charge >= 0.3 is 5.97 Å². The first-order valence-corrected chi connectivity index (χ1v) is 6.71. The molecule has 1 atom stereocenters. The van der Waals surface area contributed by atoms with Gasteiger partial charge in [-0.25, -0.2) is 4.79 Å². The normalized spacial score (nSPS) is 17.4. The Kier molecular flexibility index (Phi) is 4.77. The van der Waals surface area contributed by atoms with Crippen molar-refractivity contribution in [3.05, 3.63) is 0 Å². The molecule has 0 aromatic carbocycles. The average molecular weight is 255 g/mol. The van der Waals surface area contributed by atoms with Gasteiger partial charge in [-0.1, -0.05) is 13.8 Å². The number of nitrogens with one attached hydrogen (secondary N) is 1. The van der Waals surface area contributed by atoms with Gasteiger partial charge in [-0.3, -0.25) is 4.79 Å². The van der Waals surface area contributed by atoms with Crippen LogP contribution in [0.15, 0.2) is 0 Å². The molecule has 0 heterocycles. The zero-order valence-electron chi connectivity index (χ0n) is 12.1. The topological polar surface area (TPSA) is 55.4 Å². The van der Waals surface area contributed by atoms with Crippen LogP contribution in [0.4, 0.5) is 0 Å². The van der Waals surface area contributed by atoms with Gasteiger partial charge < -0.3 is 10.1 Å². The third-order valence-corrected chi connectivity index (χ3v) is 2.81. The number of esters is 1. The molecule has 0 aromatic rings. The fourth-order valence-electron chi connectivity index (χ4n) is 1.68. The number of hydrogen-bond acceptors (Lipinski definition) is 3. The van der Waals surface area contributed by atoms with Gasteiger partial charge in [-0.2, -0.15) is 0 Å². The largest absolute Gasteiger partial charge is 0.458 e. The van der Waals surface area contributed by atoms with Crippen molar-refractivity contribution < 1.29 is 14.3 Å². The molecule has 18 heavy (non-hydrogen) atoms. The summed E-state index contributed by atoms with van der Waals surface area (Å²) in [7, 11) is 0. The van der Waals surface area contributed by atoms with Crippen LogP contribution in [0.5, 0.6) is 0 Å². The summed E-state index contributed by atoms with van der Waals surface area (Å²) in [6.07, 6.45) is 2.80. The van der Waals surface area contributed by atoms with Crippen molar-refractivity contribution in [2.75, 3.05) is 0 Å². The van der Waals surface area contributed by atoms with Crippen LogP contribution in [0.25, 0.3) is 0 Å². The highest BCUT2D eigenvalue weighted by Gasteiger charge is 2.31. The minimum Gasteiger partial charge on any atom is -0.458 e. The number of hydrogen-bond donors (Lipinski definition) is 1. The van der Waals surface area contributed by atoms with Gasteiger partial charge in [0.05, 0.1) is 0 Å². The van der Waals surface area contributed by atoms with Crippen LogP contribution in [-0.4, -0.2) is 23.5 Å². The Hall–Kier alpha value is -1.06. The Morgan fingerprint density at radius 3 is 2.22 bits per heavy atom. The Labute approximate surface area is 109 Å². The van der Waals surface area contributed by atoms with Gasteiger partial charge in [0.2, 0.25) is 5.91 Å². The first-order valence-electron chi connectivity index (χ1n) is 6.71. The molecule has 1 rings (SSSR count). The quantitative estimate of drug-likeness (QED) is 0.767. The zero-order chi connectivity index (χ0) is 13.9. The molecule has 0 unspecified atom stereocenters. The lowest BCUT2D eigenvalue weighted by molar-refractivity contribution is -0.160. The SMILES string of the molecule is CC(C)[C@@H](NC(=O)CC1CC1)C(=O)OC(C)(C)C.